The first kappa shape index (κ1) is 16.2. The van der Waals surface area contributed by atoms with Gasteiger partial charge in [-0.05, 0) is 39.0 Å². The molecule has 1 aromatic carbocycles. The minimum atomic E-state index is -0.216. The molecule has 0 fully saturated rings. The minimum Gasteiger partial charge on any atom is -0.489 e. The monoisotopic (exact) mass is 343 g/mol. The van der Waals surface area contributed by atoms with Crippen LogP contribution in [0.25, 0.3) is 0 Å². The van der Waals surface area contributed by atoms with Crippen LogP contribution in [0.15, 0.2) is 35.0 Å². The quantitative estimate of drug-likeness (QED) is 0.760. The number of ether oxygens (including phenoxy) is 1. The normalized spacial score (nSPS) is 10.6. The van der Waals surface area contributed by atoms with Crippen LogP contribution in [0.5, 0.6) is 5.75 Å². The Hall–Kier alpha value is -2.67. The Morgan fingerprint density at radius 2 is 2.17 bits per heavy atom. The number of benzene rings is 1. The van der Waals surface area contributed by atoms with Gasteiger partial charge < -0.3 is 9.26 Å². The molecule has 1 amide bonds. The van der Waals surface area contributed by atoms with Crippen LogP contribution < -0.4 is 10.1 Å². The van der Waals surface area contributed by atoms with Crippen LogP contribution in [-0.4, -0.2) is 16.0 Å². The highest BCUT2D eigenvalue weighted by atomic mass is 32.1. The molecule has 7 heteroatoms. The van der Waals surface area contributed by atoms with Crippen molar-refractivity contribution in [3.05, 3.63) is 57.9 Å². The molecule has 0 unspecified atom stereocenters. The number of rotatable bonds is 5. The second-order valence-corrected chi connectivity index (χ2v) is 6.58. The first-order valence-electron chi connectivity index (χ1n) is 7.41. The number of carbonyl (C=O) groups is 1. The van der Waals surface area contributed by atoms with Crippen LogP contribution >= 0.6 is 11.3 Å². The lowest BCUT2D eigenvalue weighted by molar-refractivity contribution is 0.102. The van der Waals surface area contributed by atoms with E-state index in [0.717, 1.165) is 21.9 Å². The molecule has 0 atom stereocenters. The minimum absolute atomic E-state index is 0.216. The number of hydrogen-bond donors (Lipinski definition) is 1. The lowest BCUT2D eigenvalue weighted by atomic mass is 10.2. The summed E-state index contributed by atoms with van der Waals surface area (Å²) in [6.07, 6.45) is 1.73. The van der Waals surface area contributed by atoms with Crippen molar-refractivity contribution in [3.8, 4) is 5.75 Å². The highest BCUT2D eigenvalue weighted by molar-refractivity contribution is 7.15. The van der Waals surface area contributed by atoms with Gasteiger partial charge in [0.05, 0.1) is 11.3 Å². The van der Waals surface area contributed by atoms with Gasteiger partial charge in [0.25, 0.3) is 5.91 Å². The lowest BCUT2D eigenvalue weighted by Gasteiger charge is -2.08. The van der Waals surface area contributed by atoms with Crippen molar-refractivity contribution in [3.63, 3.8) is 0 Å². The Labute approximate surface area is 143 Å². The zero-order valence-corrected chi connectivity index (χ0v) is 14.4. The van der Waals surface area contributed by atoms with E-state index in [0.29, 0.717) is 23.1 Å². The van der Waals surface area contributed by atoms with Gasteiger partial charge in [-0.1, -0.05) is 11.2 Å². The summed E-state index contributed by atoms with van der Waals surface area (Å²) in [7, 11) is 0. The lowest BCUT2D eigenvalue weighted by Crippen LogP contribution is -2.11. The number of amides is 1. The van der Waals surface area contributed by atoms with Crippen LogP contribution in [-0.2, 0) is 6.61 Å². The van der Waals surface area contributed by atoms with Crippen LogP contribution in [0.4, 0.5) is 5.13 Å². The number of hydrogen-bond acceptors (Lipinski definition) is 6. The van der Waals surface area contributed by atoms with E-state index in [2.05, 4.69) is 15.5 Å². The van der Waals surface area contributed by atoms with Gasteiger partial charge in [0.2, 0.25) is 0 Å². The number of nitrogens with zero attached hydrogens (tertiary/aromatic N) is 2. The van der Waals surface area contributed by atoms with Crippen molar-refractivity contribution in [1.82, 2.24) is 10.1 Å². The Morgan fingerprint density at radius 1 is 1.33 bits per heavy atom. The van der Waals surface area contributed by atoms with Crippen molar-refractivity contribution in [2.75, 3.05) is 5.32 Å². The highest BCUT2D eigenvalue weighted by Crippen LogP contribution is 2.21. The van der Waals surface area contributed by atoms with E-state index in [1.807, 2.05) is 26.8 Å². The van der Waals surface area contributed by atoms with Gasteiger partial charge in [0, 0.05) is 16.6 Å². The molecule has 1 N–H and O–H groups in total. The third-order valence-corrected chi connectivity index (χ3v) is 4.33. The van der Waals surface area contributed by atoms with Crippen molar-refractivity contribution in [1.29, 1.82) is 0 Å². The smallest absolute Gasteiger partial charge is 0.257 e. The molecular formula is C17H17N3O3S. The second-order valence-electron chi connectivity index (χ2n) is 5.35. The summed E-state index contributed by atoms with van der Waals surface area (Å²) in [5.41, 5.74) is 2.24. The third kappa shape index (κ3) is 3.62. The average Bonchev–Trinajstić information content (AvgIpc) is 3.11. The predicted molar refractivity (Wildman–Crippen MR) is 91.6 cm³/mol. The third-order valence-electron chi connectivity index (χ3n) is 3.50. The molecule has 0 saturated carbocycles. The fourth-order valence-corrected chi connectivity index (χ4v) is 2.83. The van der Waals surface area contributed by atoms with Crippen LogP contribution in [0.3, 0.4) is 0 Å². The summed E-state index contributed by atoms with van der Waals surface area (Å²) in [5.74, 6) is 1.13. The van der Waals surface area contributed by atoms with Gasteiger partial charge in [-0.15, -0.1) is 11.3 Å². The number of thiazole rings is 1. The van der Waals surface area contributed by atoms with Gasteiger partial charge in [-0.3, -0.25) is 10.1 Å². The summed E-state index contributed by atoms with van der Waals surface area (Å²) >= 11 is 1.43. The molecule has 24 heavy (non-hydrogen) atoms. The van der Waals surface area contributed by atoms with Crippen LogP contribution in [0.2, 0.25) is 0 Å². The molecular weight excluding hydrogens is 326 g/mol. The van der Waals surface area contributed by atoms with E-state index in [4.69, 9.17) is 9.26 Å². The van der Waals surface area contributed by atoms with E-state index in [9.17, 15) is 4.79 Å². The van der Waals surface area contributed by atoms with Crippen molar-refractivity contribution < 1.29 is 14.1 Å². The molecule has 3 rings (SSSR count). The summed E-state index contributed by atoms with van der Waals surface area (Å²) in [6.45, 7) is 6.00. The molecule has 0 aliphatic heterocycles. The van der Waals surface area contributed by atoms with E-state index < -0.39 is 0 Å². The molecule has 0 spiro atoms. The largest absolute Gasteiger partial charge is 0.489 e. The molecule has 0 aliphatic carbocycles. The van der Waals surface area contributed by atoms with Crippen LogP contribution in [0.1, 0.15) is 32.3 Å². The summed E-state index contributed by atoms with van der Waals surface area (Å²) in [5, 5.41) is 7.26. The Balaban J connectivity index is 1.68. The van der Waals surface area contributed by atoms with Crippen molar-refractivity contribution in [2.24, 2.45) is 0 Å². The average molecular weight is 343 g/mol. The standard InChI is InChI=1S/C17H17N3O3S/c1-10-8-18-17(24-10)19-16(21)13-5-4-6-14(7-13)22-9-15-11(2)20-23-12(15)3/h4-8H,9H2,1-3H3,(H,18,19,21). The molecule has 0 bridgehead atoms. The van der Waals surface area contributed by atoms with Gasteiger partial charge in [0.15, 0.2) is 5.13 Å². The molecule has 0 radical (unpaired) electrons. The molecule has 124 valence electrons. The fourth-order valence-electron chi connectivity index (χ4n) is 2.17. The van der Waals surface area contributed by atoms with E-state index in [1.54, 1.807) is 24.4 Å². The zero-order chi connectivity index (χ0) is 17.1. The van der Waals surface area contributed by atoms with Crippen molar-refractivity contribution >= 4 is 22.4 Å². The number of anilines is 1. The molecule has 0 aliphatic rings. The number of carbonyl (C=O) groups excluding carboxylic acids is 1. The first-order valence-corrected chi connectivity index (χ1v) is 8.23. The summed E-state index contributed by atoms with van der Waals surface area (Å²) < 4.78 is 10.9. The maximum absolute atomic E-state index is 12.3. The Kier molecular flexibility index (Phi) is 4.61. The maximum Gasteiger partial charge on any atom is 0.257 e. The number of aromatic nitrogens is 2. The molecule has 0 saturated heterocycles. The SMILES string of the molecule is Cc1cnc(NC(=O)c2cccc(OCc3c(C)noc3C)c2)s1. The molecule has 2 heterocycles. The summed E-state index contributed by atoms with van der Waals surface area (Å²) in [6, 6.07) is 7.03. The second kappa shape index (κ2) is 6.84. The van der Waals surface area contributed by atoms with Gasteiger partial charge in [-0.25, -0.2) is 4.98 Å². The zero-order valence-electron chi connectivity index (χ0n) is 13.6. The Bertz CT molecular complexity index is 850. The molecule has 2 aromatic heterocycles. The fraction of sp³-hybridized carbons (Fsp3) is 0.235. The van der Waals surface area contributed by atoms with Gasteiger partial charge >= 0.3 is 0 Å². The highest BCUT2D eigenvalue weighted by Gasteiger charge is 2.12. The topological polar surface area (TPSA) is 77.2 Å². The molecule has 3 aromatic rings. The summed E-state index contributed by atoms with van der Waals surface area (Å²) in [4.78, 5) is 17.5. The first-order chi connectivity index (χ1) is 11.5. The Morgan fingerprint density at radius 3 is 2.83 bits per heavy atom. The van der Waals surface area contributed by atoms with Gasteiger partial charge in [0.1, 0.15) is 18.1 Å². The van der Waals surface area contributed by atoms with E-state index in [-0.39, 0.29) is 5.91 Å². The van der Waals surface area contributed by atoms with E-state index >= 15 is 0 Å². The predicted octanol–water partition coefficient (Wildman–Crippen LogP) is 3.89. The van der Waals surface area contributed by atoms with Gasteiger partial charge in [-0.2, -0.15) is 0 Å². The number of nitrogens with one attached hydrogen (secondary N) is 1. The van der Waals surface area contributed by atoms with Crippen LogP contribution in [0, 0.1) is 20.8 Å². The number of aryl methyl sites for hydroxylation is 3. The van der Waals surface area contributed by atoms with Crippen molar-refractivity contribution in [2.45, 2.75) is 27.4 Å². The maximum atomic E-state index is 12.3. The molecule has 6 nitrogen and oxygen atoms in total. The van der Waals surface area contributed by atoms with E-state index in [1.165, 1.54) is 11.3 Å².